The summed E-state index contributed by atoms with van der Waals surface area (Å²) in [5.41, 5.74) is 2.00. The molecule has 2 aromatic rings. The van der Waals surface area contributed by atoms with E-state index in [1.807, 2.05) is 48.5 Å². The fourth-order valence-electron chi connectivity index (χ4n) is 4.26. The van der Waals surface area contributed by atoms with Crippen molar-refractivity contribution in [3.63, 3.8) is 0 Å². The topological polar surface area (TPSA) is 79.0 Å². The van der Waals surface area contributed by atoms with E-state index in [1.54, 1.807) is 18.9 Å². The van der Waals surface area contributed by atoms with Gasteiger partial charge in [-0.15, -0.1) is 0 Å². The Morgan fingerprint density at radius 2 is 1.87 bits per heavy atom. The smallest absolute Gasteiger partial charge is 0.325 e. The van der Waals surface area contributed by atoms with Gasteiger partial charge in [-0.05, 0) is 61.9 Å². The normalized spacial score (nSPS) is 20.5. The van der Waals surface area contributed by atoms with E-state index in [2.05, 4.69) is 5.32 Å². The zero-order valence-corrected chi connectivity index (χ0v) is 17.9. The third-order valence-corrected chi connectivity index (χ3v) is 6.12. The Morgan fingerprint density at radius 3 is 2.61 bits per heavy atom. The first-order chi connectivity index (χ1) is 14.9. The lowest BCUT2D eigenvalue weighted by atomic mass is 9.93. The van der Waals surface area contributed by atoms with E-state index in [0.29, 0.717) is 19.4 Å². The van der Waals surface area contributed by atoms with Crippen molar-refractivity contribution in [3.8, 4) is 5.75 Å². The van der Waals surface area contributed by atoms with E-state index in [9.17, 15) is 14.4 Å². The number of para-hydroxylation sites is 1. The molecule has 0 saturated carbocycles. The van der Waals surface area contributed by atoms with Crippen LogP contribution in [0.3, 0.4) is 0 Å². The average molecular weight is 421 g/mol. The van der Waals surface area contributed by atoms with Gasteiger partial charge in [0, 0.05) is 12.2 Å². The molecule has 162 valence electrons. The number of nitrogens with zero attached hydrogens (tertiary/aromatic N) is 2. The molecule has 4 rings (SSSR count). The maximum Gasteiger partial charge on any atom is 0.325 e. The number of nitrogens with one attached hydrogen (secondary N) is 1. The van der Waals surface area contributed by atoms with Crippen LogP contribution in [0.5, 0.6) is 5.75 Å². The van der Waals surface area contributed by atoms with Crippen LogP contribution in [0.2, 0.25) is 0 Å². The molecular weight excluding hydrogens is 394 g/mol. The summed E-state index contributed by atoms with van der Waals surface area (Å²) in [5.74, 6) is 0.170. The van der Waals surface area contributed by atoms with Gasteiger partial charge in [-0.25, -0.2) is 4.79 Å². The van der Waals surface area contributed by atoms with Crippen LogP contribution in [0.4, 0.5) is 10.5 Å². The van der Waals surface area contributed by atoms with Crippen molar-refractivity contribution >= 4 is 23.5 Å². The molecule has 1 fully saturated rings. The number of hydrogen-bond acceptors (Lipinski definition) is 4. The molecule has 0 aliphatic carbocycles. The fourth-order valence-corrected chi connectivity index (χ4v) is 4.26. The number of ether oxygens (including phenoxy) is 1. The maximum absolute atomic E-state index is 13.1. The van der Waals surface area contributed by atoms with Gasteiger partial charge in [0.15, 0.2) is 0 Å². The lowest BCUT2D eigenvalue weighted by Crippen LogP contribution is -2.47. The van der Waals surface area contributed by atoms with Crippen molar-refractivity contribution in [2.75, 3.05) is 25.1 Å². The molecule has 1 saturated heterocycles. The number of urea groups is 1. The van der Waals surface area contributed by atoms with Crippen LogP contribution in [0.1, 0.15) is 30.9 Å². The Morgan fingerprint density at radius 1 is 1.13 bits per heavy atom. The monoisotopic (exact) mass is 421 g/mol. The first-order valence-electron chi connectivity index (χ1n) is 10.6. The van der Waals surface area contributed by atoms with Crippen LogP contribution in [0.25, 0.3) is 0 Å². The predicted molar refractivity (Wildman–Crippen MR) is 117 cm³/mol. The van der Waals surface area contributed by atoms with E-state index in [1.165, 1.54) is 0 Å². The van der Waals surface area contributed by atoms with E-state index in [0.717, 1.165) is 40.3 Å². The summed E-state index contributed by atoms with van der Waals surface area (Å²) < 4.78 is 5.17. The number of methoxy groups -OCH3 is 1. The lowest BCUT2D eigenvalue weighted by molar-refractivity contribution is -0.134. The van der Waals surface area contributed by atoms with Gasteiger partial charge in [-0.3, -0.25) is 14.5 Å². The largest absolute Gasteiger partial charge is 0.497 e. The van der Waals surface area contributed by atoms with Gasteiger partial charge < -0.3 is 15.0 Å². The highest BCUT2D eigenvalue weighted by molar-refractivity contribution is 6.10. The number of imide groups is 1. The highest BCUT2D eigenvalue weighted by Gasteiger charge is 2.48. The number of anilines is 1. The number of benzene rings is 2. The van der Waals surface area contributed by atoms with E-state index in [-0.39, 0.29) is 18.4 Å². The molecule has 0 bridgehead atoms. The number of hydrogen-bond donors (Lipinski definition) is 1. The molecular formula is C24H27N3O4. The number of aryl methyl sites for hydroxylation is 2. The third-order valence-electron chi connectivity index (χ3n) is 6.12. The number of carbonyl (C=O) groups excluding carboxylic acids is 3. The van der Waals surface area contributed by atoms with Crippen LogP contribution in [-0.2, 0) is 22.4 Å². The van der Waals surface area contributed by atoms with Crippen LogP contribution in [0, 0.1) is 0 Å². The number of carbonyl (C=O) groups is 3. The minimum absolute atomic E-state index is 0.241. The van der Waals surface area contributed by atoms with Gasteiger partial charge in [0.25, 0.3) is 5.91 Å². The Balaban J connectivity index is 1.42. The molecule has 1 N–H and O–H groups in total. The summed E-state index contributed by atoms with van der Waals surface area (Å²) in [6, 6.07) is 14.9. The molecule has 2 aliphatic heterocycles. The fraction of sp³-hybridized carbons (Fsp3) is 0.375. The summed E-state index contributed by atoms with van der Waals surface area (Å²) >= 11 is 0. The van der Waals surface area contributed by atoms with Gasteiger partial charge in [-0.1, -0.05) is 30.3 Å². The zero-order valence-electron chi connectivity index (χ0n) is 17.9. The van der Waals surface area contributed by atoms with Gasteiger partial charge in [0.05, 0.1) is 7.11 Å². The second-order valence-corrected chi connectivity index (χ2v) is 8.28. The van der Waals surface area contributed by atoms with Crippen molar-refractivity contribution in [1.29, 1.82) is 0 Å². The highest BCUT2D eigenvalue weighted by Crippen LogP contribution is 2.28. The lowest BCUT2D eigenvalue weighted by Gasteiger charge is -2.30. The van der Waals surface area contributed by atoms with Crippen LogP contribution >= 0.6 is 0 Å². The molecule has 0 radical (unpaired) electrons. The second-order valence-electron chi connectivity index (χ2n) is 8.28. The molecule has 0 spiro atoms. The van der Waals surface area contributed by atoms with Gasteiger partial charge in [0.1, 0.15) is 17.8 Å². The molecule has 4 amide bonds. The van der Waals surface area contributed by atoms with Crippen LogP contribution in [-0.4, -0.2) is 48.5 Å². The molecule has 7 nitrogen and oxygen atoms in total. The molecule has 31 heavy (non-hydrogen) atoms. The van der Waals surface area contributed by atoms with Crippen molar-refractivity contribution in [3.05, 3.63) is 59.7 Å². The predicted octanol–water partition coefficient (Wildman–Crippen LogP) is 2.92. The summed E-state index contributed by atoms with van der Waals surface area (Å²) in [7, 11) is 1.61. The molecule has 0 aromatic heterocycles. The van der Waals surface area contributed by atoms with Gasteiger partial charge in [0.2, 0.25) is 5.91 Å². The van der Waals surface area contributed by atoms with Gasteiger partial charge >= 0.3 is 6.03 Å². The number of rotatable bonds is 6. The van der Waals surface area contributed by atoms with Crippen LogP contribution < -0.4 is 15.0 Å². The van der Waals surface area contributed by atoms with Crippen molar-refractivity contribution < 1.29 is 19.1 Å². The summed E-state index contributed by atoms with van der Waals surface area (Å²) in [6.45, 7) is 2.06. The van der Waals surface area contributed by atoms with Crippen molar-refractivity contribution in [2.45, 2.75) is 38.1 Å². The van der Waals surface area contributed by atoms with E-state index >= 15 is 0 Å². The zero-order chi connectivity index (χ0) is 22.0. The second kappa shape index (κ2) is 8.41. The number of fused-ring (bicyclic) bond motifs is 1. The molecule has 2 aromatic carbocycles. The molecule has 1 unspecified atom stereocenters. The molecule has 2 aliphatic rings. The van der Waals surface area contributed by atoms with Crippen molar-refractivity contribution in [1.82, 2.24) is 10.2 Å². The highest BCUT2D eigenvalue weighted by atomic mass is 16.5. The SMILES string of the molecule is COc1ccc(CCC2(C)NC(=O)N(CC(=O)N3CCCc4ccccc43)C2=O)cc1. The molecule has 2 heterocycles. The van der Waals surface area contributed by atoms with Crippen LogP contribution in [0.15, 0.2) is 48.5 Å². The minimum atomic E-state index is -1.03. The van der Waals surface area contributed by atoms with Crippen molar-refractivity contribution in [2.24, 2.45) is 0 Å². The Kier molecular flexibility index (Phi) is 5.67. The molecule has 7 heteroatoms. The first kappa shape index (κ1) is 20.9. The summed E-state index contributed by atoms with van der Waals surface area (Å²) in [5, 5.41) is 2.79. The first-order valence-corrected chi connectivity index (χ1v) is 10.6. The Labute approximate surface area is 182 Å². The van der Waals surface area contributed by atoms with E-state index in [4.69, 9.17) is 4.74 Å². The Bertz CT molecular complexity index is 1000. The average Bonchev–Trinajstić information content (AvgIpc) is 3.00. The summed E-state index contributed by atoms with van der Waals surface area (Å²) in [4.78, 5) is 41.4. The Hall–Kier alpha value is -3.35. The van der Waals surface area contributed by atoms with Gasteiger partial charge in [-0.2, -0.15) is 0 Å². The number of amides is 4. The maximum atomic E-state index is 13.1. The van der Waals surface area contributed by atoms with E-state index < -0.39 is 11.6 Å². The standard InChI is InChI=1S/C24H27N3O4/c1-24(14-13-17-9-11-19(31-2)12-10-17)22(29)27(23(30)25-24)16-21(28)26-15-5-7-18-6-3-4-8-20(18)26/h3-4,6,8-12H,5,7,13-16H2,1-2H3,(H,25,30). The third kappa shape index (κ3) is 4.13. The minimum Gasteiger partial charge on any atom is -0.497 e. The molecule has 1 atom stereocenters. The summed E-state index contributed by atoms with van der Waals surface area (Å²) in [6.07, 6.45) is 2.85. The quantitative estimate of drug-likeness (QED) is 0.728.